The molecule has 3 nitrogen and oxygen atoms in total. The fraction of sp³-hybridized carbons (Fsp3) is 0.471. The molecule has 20 heavy (non-hydrogen) atoms. The van der Waals surface area contributed by atoms with Gasteiger partial charge in [-0.15, -0.1) is 0 Å². The van der Waals surface area contributed by atoms with Crippen molar-refractivity contribution in [1.82, 2.24) is 10.3 Å². The Labute approximate surface area is 120 Å². The van der Waals surface area contributed by atoms with E-state index in [2.05, 4.69) is 22.4 Å². The fourth-order valence-electron chi connectivity index (χ4n) is 3.21. The van der Waals surface area contributed by atoms with Gasteiger partial charge in [0, 0.05) is 23.8 Å². The molecule has 0 spiro atoms. The van der Waals surface area contributed by atoms with E-state index in [-0.39, 0.29) is 12.6 Å². The van der Waals surface area contributed by atoms with Gasteiger partial charge in [0.1, 0.15) is 0 Å². The molecule has 1 aliphatic rings. The first-order chi connectivity index (χ1) is 9.88. The van der Waals surface area contributed by atoms with Gasteiger partial charge in [-0.25, -0.2) is 0 Å². The molecular weight excluding hydrogens is 248 g/mol. The summed E-state index contributed by atoms with van der Waals surface area (Å²) in [5.41, 5.74) is 1.11. The lowest BCUT2D eigenvalue weighted by molar-refractivity contribution is 0.221. The van der Waals surface area contributed by atoms with E-state index in [9.17, 15) is 5.11 Å². The van der Waals surface area contributed by atoms with E-state index in [1.807, 2.05) is 24.5 Å². The average Bonchev–Trinajstić information content (AvgIpc) is 2.53. The van der Waals surface area contributed by atoms with E-state index >= 15 is 0 Å². The summed E-state index contributed by atoms with van der Waals surface area (Å²) >= 11 is 0. The van der Waals surface area contributed by atoms with Gasteiger partial charge in [0.2, 0.25) is 0 Å². The predicted molar refractivity (Wildman–Crippen MR) is 81.6 cm³/mol. The Morgan fingerprint density at radius 2 is 1.95 bits per heavy atom. The SMILES string of the molecule is OCC(NC1CCCCC1)c1cncc2ccccc12. The quantitative estimate of drug-likeness (QED) is 0.897. The lowest BCUT2D eigenvalue weighted by atomic mass is 9.93. The number of fused-ring (bicyclic) bond motifs is 1. The third-order valence-electron chi connectivity index (χ3n) is 4.30. The standard InChI is InChI=1S/C17H22N2O/c20-12-17(19-14-7-2-1-3-8-14)16-11-18-10-13-6-4-5-9-15(13)16/h4-6,9-11,14,17,19-20H,1-3,7-8,12H2. The molecule has 1 aromatic carbocycles. The summed E-state index contributed by atoms with van der Waals surface area (Å²) in [7, 11) is 0. The first-order valence-corrected chi connectivity index (χ1v) is 7.58. The fourth-order valence-corrected chi connectivity index (χ4v) is 3.21. The van der Waals surface area contributed by atoms with Gasteiger partial charge in [-0.1, -0.05) is 43.5 Å². The van der Waals surface area contributed by atoms with Crippen LogP contribution in [0.25, 0.3) is 10.8 Å². The van der Waals surface area contributed by atoms with Gasteiger partial charge in [0.05, 0.1) is 12.6 Å². The monoisotopic (exact) mass is 270 g/mol. The molecule has 1 aliphatic carbocycles. The van der Waals surface area contributed by atoms with E-state index < -0.39 is 0 Å². The molecule has 0 radical (unpaired) electrons. The Balaban J connectivity index is 1.86. The van der Waals surface area contributed by atoms with Crippen molar-refractivity contribution in [3.63, 3.8) is 0 Å². The maximum absolute atomic E-state index is 9.78. The lowest BCUT2D eigenvalue weighted by Crippen LogP contribution is -2.36. The van der Waals surface area contributed by atoms with Gasteiger partial charge in [-0.2, -0.15) is 0 Å². The minimum absolute atomic E-state index is 0.0169. The van der Waals surface area contributed by atoms with Crippen LogP contribution < -0.4 is 5.32 Å². The second-order valence-corrected chi connectivity index (χ2v) is 5.69. The first kappa shape index (κ1) is 13.5. The minimum atomic E-state index is -0.0169. The van der Waals surface area contributed by atoms with Crippen molar-refractivity contribution in [2.24, 2.45) is 0 Å². The number of rotatable bonds is 4. The molecule has 0 saturated heterocycles. The molecule has 3 rings (SSSR count). The molecule has 106 valence electrons. The summed E-state index contributed by atoms with van der Waals surface area (Å²) in [4.78, 5) is 4.32. The molecule has 0 amide bonds. The first-order valence-electron chi connectivity index (χ1n) is 7.58. The van der Waals surface area contributed by atoms with Crippen LogP contribution in [0.3, 0.4) is 0 Å². The normalized spacial score (nSPS) is 18.2. The summed E-state index contributed by atoms with van der Waals surface area (Å²) in [6.07, 6.45) is 10.1. The zero-order valence-corrected chi connectivity index (χ0v) is 11.8. The Morgan fingerprint density at radius 3 is 2.75 bits per heavy atom. The summed E-state index contributed by atoms with van der Waals surface area (Å²) in [5, 5.41) is 15.7. The van der Waals surface area contributed by atoms with Gasteiger partial charge in [0.15, 0.2) is 0 Å². The average molecular weight is 270 g/mol. The molecular formula is C17H22N2O. The molecule has 1 saturated carbocycles. The molecule has 3 heteroatoms. The smallest absolute Gasteiger partial charge is 0.0627 e. The molecule has 2 N–H and O–H groups in total. The van der Waals surface area contributed by atoms with Crippen LogP contribution in [0.4, 0.5) is 0 Å². The number of aliphatic hydroxyl groups is 1. The highest BCUT2D eigenvalue weighted by Crippen LogP contribution is 2.26. The van der Waals surface area contributed by atoms with Crippen LogP contribution in [-0.4, -0.2) is 22.7 Å². The summed E-state index contributed by atoms with van der Waals surface area (Å²) in [5.74, 6) is 0. The van der Waals surface area contributed by atoms with Crippen molar-refractivity contribution in [2.75, 3.05) is 6.61 Å². The largest absolute Gasteiger partial charge is 0.394 e. The van der Waals surface area contributed by atoms with Crippen molar-refractivity contribution in [3.8, 4) is 0 Å². The van der Waals surface area contributed by atoms with Gasteiger partial charge in [-0.3, -0.25) is 4.98 Å². The molecule has 0 bridgehead atoms. The number of nitrogens with zero attached hydrogens (tertiary/aromatic N) is 1. The Hall–Kier alpha value is -1.45. The maximum Gasteiger partial charge on any atom is 0.0627 e. The van der Waals surface area contributed by atoms with E-state index in [0.29, 0.717) is 6.04 Å². The molecule has 1 unspecified atom stereocenters. The highest BCUT2D eigenvalue weighted by Gasteiger charge is 2.20. The third-order valence-corrected chi connectivity index (χ3v) is 4.30. The maximum atomic E-state index is 9.78. The van der Waals surface area contributed by atoms with Gasteiger partial charge in [-0.05, 0) is 23.8 Å². The highest BCUT2D eigenvalue weighted by molar-refractivity contribution is 5.85. The number of aromatic nitrogens is 1. The van der Waals surface area contributed by atoms with Gasteiger partial charge >= 0.3 is 0 Å². The van der Waals surface area contributed by atoms with Crippen molar-refractivity contribution in [3.05, 3.63) is 42.2 Å². The van der Waals surface area contributed by atoms with Crippen molar-refractivity contribution < 1.29 is 5.11 Å². The van der Waals surface area contributed by atoms with Crippen LogP contribution in [0.15, 0.2) is 36.7 Å². The number of nitrogens with one attached hydrogen (secondary N) is 1. The Kier molecular flexibility index (Phi) is 4.28. The van der Waals surface area contributed by atoms with Gasteiger partial charge in [0.25, 0.3) is 0 Å². The van der Waals surface area contributed by atoms with Crippen molar-refractivity contribution in [1.29, 1.82) is 0 Å². The molecule has 0 aliphatic heterocycles. The van der Waals surface area contributed by atoms with Gasteiger partial charge < -0.3 is 10.4 Å². The molecule has 1 heterocycles. The highest BCUT2D eigenvalue weighted by atomic mass is 16.3. The Morgan fingerprint density at radius 1 is 1.15 bits per heavy atom. The summed E-state index contributed by atoms with van der Waals surface area (Å²) in [6.45, 7) is 0.117. The predicted octanol–water partition coefficient (Wildman–Crippen LogP) is 3.19. The summed E-state index contributed by atoms with van der Waals surface area (Å²) in [6, 6.07) is 8.76. The molecule has 2 aromatic rings. The Bertz CT molecular complexity index is 558. The van der Waals surface area contributed by atoms with Crippen LogP contribution in [-0.2, 0) is 0 Å². The molecule has 1 fully saturated rings. The second kappa shape index (κ2) is 6.33. The number of hydrogen-bond donors (Lipinski definition) is 2. The van der Waals surface area contributed by atoms with Crippen LogP contribution in [0, 0.1) is 0 Å². The second-order valence-electron chi connectivity index (χ2n) is 5.69. The molecule has 1 aromatic heterocycles. The molecule has 1 atom stereocenters. The van der Waals surface area contributed by atoms with Crippen molar-refractivity contribution in [2.45, 2.75) is 44.2 Å². The van der Waals surface area contributed by atoms with Crippen LogP contribution in [0.1, 0.15) is 43.7 Å². The number of aliphatic hydroxyl groups excluding tert-OH is 1. The third kappa shape index (κ3) is 2.84. The van der Waals surface area contributed by atoms with E-state index in [0.717, 1.165) is 10.9 Å². The van der Waals surface area contributed by atoms with E-state index in [1.54, 1.807) is 0 Å². The topological polar surface area (TPSA) is 45.1 Å². The van der Waals surface area contributed by atoms with Crippen LogP contribution >= 0.6 is 0 Å². The number of benzene rings is 1. The van der Waals surface area contributed by atoms with E-state index in [1.165, 1.54) is 37.5 Å². The zero-order valence-electron chi connectivity index (χ0n) is 11.8. The lowest BCUT2D eigenvalue weighted by Gasteiger charge is -2.28. The number of pyridine rings is 1. The van der Waals surface area contributed by atoms with E-state index in [4.69, 9.17) is 0 Å². The summed E-state index contributed by atoms with van der Waals surface area (Å²) < 4.78 is 0. The van der Waals surface area contributed by atoms with Crippen molar-refractivity contribution >= 4 is 10.8 Å². The van der Waals surface area contributed by atoms with Crippen LogP contribution in [0.2, 0.25) is 0 Å². The van der Waals surface area contributed by atoms with Crippen LogP contribution in [0.5, 0.6) is 0 Å². The minimum Gasteiger partial charge on any atom is -0.394 e. The number of hydrogen-bond acceptors (Lipinski definition) is 3. The zero-order chi connectivity index (χ0) is 13.8.